The number of carbonyl (C=O) groups excluding carboxylic acids is 1. The molecule has 0 radical (unpaired) electrons. The van der Waals surface area contributed by atoms with Gasteiger partial charge in [-0.15, -0.1) is 0 Å². The first kappa shape index (κ1) is 18.8. The Bertz CT molecular complexity index is 924. The zero-order valence-corrected chi connectivity index (χ0v) is 15.9. The highest BCUT2D eigenvalue weighted by Crippen LogP contribution is 2.58. The molecule has 2 aromatic rings. The zero-order chi connectivity index (χ0) is 20.4. The van der Waals surface area contributed by atoms with Gasteiger partial charge < -0.3 is 10.6 Å². The number of rotatable bonds is 3. The van der Waals surface area contributed by atoms with Crippen LogP contribution in [-0.2, 0) is 11.0 Å². The van der Waals surface area contributed by atoms with Crippen LogP contribution in [-0.4, -0.2) is 38.7 Å². The van der Waals surface area contributed by atoms with E-state index in [9.17, 15) is 18.0 Å². The van der Waals surface area contributed by atoms with E-state index in [0.29, 0.717) is 23.1 Å². The fourth-order valence-corrected chi connectivity index (χ4v) is 4.28. The number of fused-ring (bicyclic) bond motifs is 1. The normalized spacial score (nSPS) is 24.0. The van der Waals surface area contributed by atoms with Crippen LogP contribution in [0.4, 0.5) is 19.0 Å². The maximum absolute atomic E-state index is 13.2. The third-order valence-electron chi connectivity index (χ3n) is 5.75. The average Bonchev–Trinajstić information content (AvgIpc) is 2.99. The van der Waals surface area contributed by atoms with E-state index in [4.69, 9.17) is 5.73 Å². The first-order valence-corrected chi connectivity index (χ1v) is 9.26. The lowest BCUT2D eigenvalue weighted by Crippen LogP contribution is -2.29. The molecule has 1 aliphatic heterocycles. The predicted octanol–water partition coefficient (Wildman–Crippen LogP) is 3.32. The fraction of sp³-hybridized carbons (Fsp3) is 0.526. The van der Waals surface area contributed by atoms with Crippen LogP contribution in [0, 0.1) is 11.8 Å². The maximum atomic E-state index is 13.2. The summed E-state index contributed by atoms with van der Waals surface area (Å²) in [4.78, 5) is 17.1. The molecule has 3 heterocycles. The number of hydrogen-bond acceptors (Lipinski definition) is 4. The van der Waals surface area contributed by atoms with Crippen molar-refractivity contribution in [1.29, 1.82) is 0 Å². The Labute approximate surface area is 160 Å². The van der Waals surface area contributed by atoms with E-state index in [2.05, 4.69) is 10.1 Å². The number of nitrogens with two attached hydrogens (primary N) is 1. The minimum absolute atomic E-state index is 0.0674. The van der Waals surface area contributed by atoms with Crippen LogP contribution in [0.3, 0.4) is 0 Å². The Kier molecular flexibility index (Phi) is 4.17. The Balaban J connectivity index is 1.67. The van der Waals surface area contributed by atoms with Gasteiger partial charge in [0.25, 0.3) is 0 Å². The first-order chi connectivity index (χ1) is 13.1. The number of amides is 1. The molecule has 0 aromatic carbocycles. The highest BCUT2D eigenvalue weighted by Gasteiger charge is 2.58. The van der Waals surface area contributed by atoms with Gasteiger partial charge in [-0.3, -0.25) is 9.48 Å². The molecule has 9 heteroatoms. The number of anilines is 1. The smallest absolute Gasteiger partial charge is 0.383 e. The summed E-state index contributed by atoms with van der Waals surface area (Å²) in [6.07, 6.45) is -3.24. The number of nitrogen functional groups attached to an aromatic ring is 1. The summed E-state index contributed by atoms with van der Waals surface area (Å²) >= 11 is 0. The number of likely N-dealkylation sites (tertiary alicyclic amines) is 1. The molecule has 2 aromatic heterocycles. The number of nitrogens with zero attached hydrogens (tertiary/aromatic N) is 4. The molecule has 1 saturated heterocycles. The summed E-state index contributed by atoms with van der Waals surface area (Å²) in [5, 5.41) is 4.56. The largest absolute Gasteiger partial charge is 0.419 e. The van der Waals surface area contributed by atoms with E-state index in [1.165, 1.54) is 6.20 Å². The second-order valence-corrected chi connectivity index (χ2v) is 7.92. The van der Waals surface area contributed by atoms with Crippen LogP contribution in [0.2, 0.25) is 0 Å². The summed E-state index contributed by atoms with van der Waals surface area (Å²) in [6, 6.07) is 2.93. The summed E-state index contributed by atoms with van der Waals surface area (Å²) in [6.45, 7) is 7.00. The molecular weight excluding hydrogens is 371 g/mol. The van der Waals surface area contributed by atoms with Gasteiger partial charge in [-0.2, -0.15) is 18.3 Å². The van der Waals surface area contributed by atoms with Crippen molar-refractivity contribution in [2.75, 3.05) is 18.8 Å². The van der Waals surface area contributed by atoms with Crippen molar-refractivity contribution >= 4 is 11.7 Å². The minimum Gasteiger partial charge on any atom is -0.383 e. The third kappa shape index (κ3) is 3.02. The monoisotopic (exact) mass is 393 g/mol. The molecule has 1 amide bonds. The molecule has 0 spiro atoms. The van der Waals surface area contributed by atoms with Gasteiger partial charge >= 0.3 is 6.18 Å². The molecular formula is C19H22F3N5O. The molecule has 6 nitrogen and oxygen atoms in total. The Hall–Kier alpha value is -2.58. The molecule has 2 N–H and O–H groups in total. The number of halogens is 3. The average molecular weight is 393 g/mol. The van der Waals surface area contributed by atoms with Crippen molar-refractivity contribution in [3.8, 4) is 11.3 Å². The topological polar surface area (TPSA) is 77.0 Å². The number of hydrogen-bond donors (Lipinski definition) is 1. The summed E-state index contributed by atoms with van der Waals surface area (Å²) in [7, 11) is 0. The van der Waals surface area contributed by atoms with Crippen molar-refractivity contribution < 1.29 is 18.0 Å². The van der Waals surface area contributed by atoms with E-state index in [0.717, 1.165) is 24.8 Å². The van der Waals surface area contributed by atoms with Gasteiger partial charge in [0.05, 0.1) is 11.3 Å². The number of aromatic nitrogens is 3. The van der Waals surface area contributed by atoms with E-state index >= 15 is 0 Å². The molecule has 2 fully saturated rings. The van der Waals surface area contributed by atoms with Gasteiger partial charge in [-0.25, -0.2) is 4.98 Å². The number of alkyl halides is 3. The van der Waals surface area contributed by atoms with E-state index < -0.39 is 17.6 Å². The number of pyridine rings is 1. The molecule has 2 aliphatic rings. The molecule has 1 saturated carbocycles. The molecule has 4 rings (SSSR count). The number of piperidine rings is 1. The standard InChI is InChI=1S/C19H22F3N5O/c1-9(2)27-16(17-12-7-26(10(3)28)8-13(12)17)5-15(25-27)11-4-14(19(20,21)22)18(23)24-6-11/h4-6,9,12-13,17H,7-8H2,1-3H3,(H2,23,24). The Morgan fingerprint density at radius 1 is 1.25 bits per heavy atom. The quantitative estimate of drug-likeness (QED) is 0.868. The van der Waals surface area contributed by atoms with E-state index in [-0.39, 0.29) is 17.9 Å². The Morgan fingerprint density at radius 2 is 1.89 bits per heavy atom. The van der Waals surface area contributed by atoms with Gasteiger partial charge in [0.15, 0.2) is 0 Å². The predicted molar refractivity (Wildman–Crippen MR) is 97.2 cm³/mol. The van der Waals surface area contributed by atoms with Gasteiger partial charge in [0.1, 0.15) is 5.82 Å². The van der Waals surface area contributed by atoms with E-state index in [1.54, 1.807) is 6.92 Å². The molecule has 1 aliphatic carbocycles. The first-order valence-electron chi connectivity index (χ1n) is 9.26. The number of carbonyl (C=O) groups is 1. The van der Waals surface area contributed by atoms with Crippen LogP contribution in [0.25, 0.3) is 11.3 Å². The van der Waals surface area contributed by atoms with Gasteiger partial charge in [0, 0.05) is 49.4 Å². The third-order valence-corrected chi connectivity index (χ3v) is 5.75. The molecule has 150 valence electrons. The summed E-state index contributed by atoms with van der Waals surface area (Å²) in [5.41, 5.74) is 6.20. The maximum Gasteiger partial charge on any atom is 0.419 e. The molecule has 28 heavy (non-hydrogen) atoms. The summed E-state index contributed by atoms with van der Waals surface area (Å²) < 4.78 is 41.4. The van der Waals surface area contributed by atoms with Crippen LogP contribution in [0.15, 0.2) is 18.3 Å². The van der Waals surface area contributed by atoms with Crippen LogP contribution in [0.5, 0.6) is 0 Å². The van der Waals surface area contributed by atoms with Gasteiger partial charge in [0.2, 0.25) is 5.91 Å². The Morgan fingerprint density at radius 3 is 2.43 bits per heavy atom. The van der Waals surface area contributed by atoms with Crippen molar-refractivity contribution in [3.63, 3.8) is 0 Å². The molecule has 2 atom stereocenters. The fourth-order valence-electron chi connectivity index (χ4n) is 4.28. The molecule has 2 unspecified atom stereocenters. The summed E-state index contributed by atoms with van der Waals surface area (Å²) in [5.74, 6) is 0.600. The van der Waals surface area contributed by atoms with Crippen molar-refractivity contribution in [3.05, 3.63) is 29.6 Å². The van der Waals surface area contributed by atoms with E-state index in [1.807, 2.05) is 29.5 Å². The van der Waals surface area contributed by atoms with Gasteiger partial charge in [-0.1, -0.05) is 0 Å². The van der Waals surface area contributed by atoms with Crippen LogP contribution < -0.4 is 5.73 Å². The second-order valence-electron chi connectivity index (χ2n) is 7.92. The zero-order valence-electron chi connectivity index (χ0n) is 15.9. The second kappa shape index (κ2) is 6.22. The van der Waals surface area contributed by atoms with Crippen LogP contribution in [0.1, 0.15) is 44.0 Å². The lowest BCUT2D eigenvalue weighted by atomic mass is 10.1. The van der Waals surface area contributed by atoms with Gasteiger partial charge in [-0.05, 0) is 37.8 Å². The molecule has 0 bridgehead atoms. The minimum atomic E-state index is -4.57. The van der Waals surface area contributed by atoms with Crippen molar-refractivity contribution in [2.24, 2.45) is 11.8 Å². The lowest BCUT2D eigenvalue weighted by molar-refractivity contribution is -0.137. The van der Waals surface area contributed by atoms with Crippen LogP contribution >= 0.6 is 0 Å². The van der Waals surface area contributed by atoms with Crippen molar-refractivity contribution in [2.45, 2.75) is 38.9 Å². The highest BCUT2D eigenvalue weighted by atomic mass is 19.4. The highest BCUT2D eigenvalue weighted by molar-refractivity contribution is 5.74. The lowest BCUT2D eigenvalue weighted by Gasteiger charge is -2.19. The SMILES string of the molecule is CC(=O)N1CC2C(C1)C2c1cc(-c2cnc(N)c(C(F)(F)F)c2)nn1C(C)C. The van der Waals surface area contributed by atoms with Crippen molar-refractivity contribution in [1.82, 2.24) is 19.7 Å².